The number of nitrogens with zero attached hydrogens (tertiary/aromatic N) is 3. The Labute approximate surface area is 172 Å². The van der Waals surface area contributed by atoms with Crippen molar-refractivity contribution in [3.05, 3.63) is 48.8 Å². The van der Waals surface area contributed by atoms with Gasteiger partial charge in [-0.2, -0.15) is 0 Å². The number of hydrogen-bond donors (Lipinski definition) is 0. The third-order valence-corrected chi connectivity index (χ3v) is 6.02. The highest BCUT2D eigenvalue weighted by Crippen LogP contribution is 2.29. The molecule has 1 saturated carbocycles. The average Bonchev–Trinajstić information content (AvgIpc) is 2.80. The van der Waals surface area contributed by atoms with Crippen molar-refractivity contribution in [1.82, 2.24) is 4.98 Å². The van der Waals surface area contributed by atoms with Crippen molar-refractivity contribution in [3.63, 3.8) is 0 Å². The van der Waals surface area contributed by atoms with Gasteiger partial charge in [-0.3, -0.25) is 9.78 Å². The van der Waals surface area contributed by atoms with Crippen LogP contribution in [0, 0.1) is 5.92 Å². The Bertz CT molecular complexity index is 781. The van der Waals surface area contributed by atoms with Gasteiger partial charge in [0, 0.05) is 49.9 Å². The average molecular weight is 396 g/mol. The number of benzene rings is 1. The summed E-state index contributed by atoms with van der Waals surface area (Å²) >= 11 is 0. The molecule has 0 atom stereocenters. The monoisotopic (exact) mass is 395 g/mol. The molecule has 0 spiro atoms. The SMILES string of the molecule is COC(=O)C1CCC(Oc2ccc(N3CCN(c4ccncc4)CC3)cc2)CC1. The molecule has 2 aromatic rings. The van der Waals surface area contributed by atoms with E-state index in [9.17, 15) is 4.79 Å². The molecule has 6 nitrogen and oxygen atoms in total. The molecule has 1 aliphatic heterocycles. The van der Waals surface area contributed by atoms with Gasteiger partial charge in [0.1, 0.15) is 5.75 Å². The Morgan fingerprint density at radius 2 is 1.41 bits per heavy atom. The number of carbonyl (C=O) groups is 1. The van der Waals surface area contributed by atoms with Gasteiger partial charge in [-0.05, 0) is 62.1 Å². The first kappa shape index (κ1) is 19.6. The summed E-state index contributed by atoms with van der Waals surface area (Å²) in [7, 11) is 1.46. The van der Waals surface area contributed by atoms with Crippen molar-refractivity contribution in [1.29, 1.82) is 0 Å². The molecular formula is C23H29N3O3. The van der Waals surface area contributed by atoms with E-state index in [0.717, 1.165) is 57.6 Å². The minimum Gasteiger partial charge on any atom is -0.490 e. The van der Waals surface area contributed by atoms with Crippen LogP contribution >= 0.6 is 0 Å². The van der Waals surface area contributed by atoms with Crippen molar-refractivity contribution in [3.8, 4) is 5.75 Å². The summed E-state index contributed by atoms with van der Waals surface area (Å²) in [4.78, 5) is 20.6. The van der Waals surface area contributed by atoms with Crippen LogP contribution in [0.1, 0.15) is 25.7 Å². The Morgan fingerprint density at radius 3 is 1.97 bits per heavy atom. The van der Waals surface area contributed by atoms with Crippen LogP contribution in [0.2, 0.25) is 0 Å². The molecule has 0 amide bonds. The molecule has 2 fully saturated rings. The van der Waals surface area contributed by atoms with Gasteiger partial charge in [-0.15, -0.1) is 0 Å². The highest BCUT2D eigenvalue weighted by atomic mass is 16.5. The van der Waals surface area contributed by atoms with Gasteiger partial charge in [0.15, 0.2) is 0 Å². The summed E-state index contributed by atoms with van der Waals surface area (Å²) in [6.45, 7) is 4.01. The summed E-state index contributed by atoms with van der Waals surface area (Å²) in [5, 5.41) is 0. The van der Waals surface area contributed by atoms with Crippen molar-refractivity contribution in [2.24, 2.45) is 5.92 Å². The standard InChI is InChI=1S/C23H29N3O3/c1-28-23(27)18-2-6-21(7-3-18)29-22-8-4-19(5-9-22)25-14-16-26(17-15-25)20-10-12-24-13-11-20/h4-5,8-13,18,21H,2-3,6-7,14-17H2,1H3. The lowest BCUT2D eigenvalue weighted by atomic mass is 9.87. The van der Waals surface area contributed by atoms with Crippen molar-refractivity contribution in [2.75, 3.05) is 43.1 Å². The summed E-state index contributed by atoms with van der Waals surface area (Å²) in [5.74, 6) is 0.857. The Morgan fingerprint density at radius 1 is 0.862 bits per heavy atom. The summed E-state index contributed by atoms with van der Waals surface area (Å²) in [6, 6.07) is 12.6. The molecule has 0 unspecified atom stereocenters. The predicted octanol–water partition coefficient (Wildman–Crippen LogP) is 3.52. The van der Waals surface area contributed by atoms with Crippen molar-refractivity contribution < 1.29 is 14.3 Å². The van der Waals surface area contributed by atoms with E-state index in [4.69, 9.17) is 9.47 Å². The molecule has 1 aromatic carbocycles. The molecule has 1 saturated heterocycles. The normalized spacial score (nSPS) is 22.2. The molecule has 2 aliphatic rings. The van der Waals surface area contributed by atoms with E-state index in [1.165, 1.54) is 18.5 Å². The summed E-state index contributed by atoms with van der Waals surface area (Å²) in [6.07, 6.45) is 7.38. The van der Waals surface area contributed by atoms with E-state index in [0.29, 0.717) is 0 Å². The largest absolute Gasteiger partial charge is 0.490 e. The third kappa shape index (κ3) is 4.81. The Kier molecular flexibility index (Phi) is 6.17. The van der Waals surface area contributed by atoms with E-state index in [2.05, 4.69) is 51.2 Å². The zero-order chi connectivity index (χ0) is 20.1. The Balaban J connectivity index is 1.26. The molecular weight excluding hydrogens is 366 g/mol. The number of hydrogen-bond acceptors (Lipinski definition) is 6. The maximum Gasteiger partial charge on any atom is 0.308 e. The topological polar surface area (TPSA) is 54.9 Å². The molecule has 1 aliphatic carbocycles. The van der Waals surface area contributed by atoms with E-state index in [1.807, 2.05) is 12.4 Å². The van der Waals surface area contributed by atoms with Crippen molar-refractivity contribution in [2.45, 2.75) is 31.8 Å². The van der Waals surface area contributed by atoms with Gasteiger partial charge >= 0.3 is 5.97 Å². The van der Waals surface area contributed by atoms with Crippen LogP contribution in [0.25, 0.3) is 0 Å². The number of anilines is 2. The first-order chi connectivity index (χ1) is 14.2. The molecule has 1 aromatic heterocycles. The van der Waals surface area contributed by atoms with Gasteiger partial charge in [-0.1, -0.05) is 0 Å². The predicted molar refractivity (Wildman–Crippen MR) is 113 cm³/mol. The highest BCUT2D eigenvalue weighted by molar-refractivity contribution is 5.72. The van der Waals surface area contributed by atoms with Gasteiger partial charge < -0.3 is 19.3 Å². The van der Waals surface area contributed by atoms with Crippen LogP contribution in [-0.4, -0.2) is 50.3 Å². The van der Waals surface area contributed by atoms with Gasteiger partial charge in [0.05, 0.1) is 19.1 Å². The van der Waals surface area contributed by atoms with Crippen LogP contribution in [0.5, 0.6) is 5.75 Å². The van der Waals surface area contributed by atoms with E-state index >= 15 is 0 Å². The maximum absolute atomic E-state index is 11.6. The molecule has 2 heterocycles. The second kappa shape index (κ2) is 9.16. The lowest BCUT2D eigenvalue weighted by Crippen LogP contribution is -2.46. The minimum absolute atomic E-state index is 0.0352. The number of carbonyl (C=O) groups excluding carboxylic acids is 1. The van der Waals surface area contributed by atoms with Crippen LogP contribution in [0.3, 0.4) is 0 Å². The van der Waals surface area contributed by atoms with E-state index in [1.54, 1.807) is 0 Å². The molecule has 0 N–H and O–H groups in total. The molecule has 6 heteroatoms. The minimum atomic E-state index is -0.0863. The number of methoxy groups -OCH3 is 1. The lowest BCUT2D eigenvalue weighted by molar-refractivity contribution is -0.147. The quantitative estimate of drug-likeness (QED) is 0.722. The van der Waals surface area contributed by atoms with Crippen LogP contribution in [0.15, 0.2) is 48.8 Å². The van der Waals surface area contributed by atoms with Crippen LogP contribution < -0.4 is 14.5 Å². The van der Waals surface area contributed by atoms with Gasteiger partial charge in [0.25, 0.3) is 0 Å². The highest BCUT2D eigenvalue weighted by Gasteiger charge is 2.28. The summed E-state index contributed by atoms with van der Waals surface area (Å²) < 4.78 is 11.0. The third-order valence-electron chi connectivity index (χ3n) is 6.02. The fourth-order valence-electron chi connectivity index (χ4n) is 4.29. The fourth-order valence-corrected chi connectivity index (χ4v) is 4.29. The van der Waals surface area contributed by atoms with Crippen molar-refractivity contribution >= 4 is 17.3 Å². The second-order valence-electron chi connectivity index (χ2n) is 7.79. The number of esters is 1. The number of pyridine rings is 1. The van der Waals surface area contributed by atoms with Crippen LogP contribution in [-0.2, 0) is 9.53 Å². The summed E-state index contributed by atoms with van der Waals surface area (Å²) in [5.41, 5.74) is 2.48. The number of piperazine rings is 1. The molecule has 29 heavy (non-hydrogen) atoms. The van der Waals surface area contributed by atoms with E-state index in [-0.39, 0.29) is 18.0 Å². The second-order valence-corrected chi connectivity index (χ2v) is 7.79. The number of aromatic nitrogens is 1. The first-order valence-corrected chi connectivity index (χ1v) is 10.5. The molecule has 0 radical (unpaired) electrons. The number of ether oxygens (including phenoxy) is 2. The van der Waals surface area contributed by atoms with Gasteiger partial charge in [-0.25, -0.2) is 0 Å². The molecule has 4 rings (SSSR count). The number of rotatable bonds is 5. The lowest BCUT2D eigenvalue weighted by Gasteiger charge is -2.37. The fraction of sp³-hybridized carbons (Fsp3) is 0.478. The Hall–Kier alpha value is -2.76. The molecule has 0 bridgehead atoms. The first-order valence-electron chi connectivity index (χ1n) is 10.5. The molecule has 154 valence electrons. The van der Waals surface area contributed by atoms with Crippen LogP contribution in [0.4, 0.5) is 11.4 Å². The zero-order valence-electron chi connectivity index (χ0n) is 17.0. The zero-order valence-corrected chi connectivity index (χ0v) is 17.0. The smallest absolute Gasteiger partial charge is 0.308 e. The van der Waals surface area contributed by atoms with Gasteiger partial charge in [0.2, 0.25) is 0 Å². The van der Waals surface area contributed by atoms with E-state index < -0.39 is 0 Å². The maximum atomic E-state index is 11.6.